The molecule has 0 unspecified atom stereocenters. The summed E-state index contributed by atoms with van der Waals surface area (Å²) in [6, 6.07) is 5.27. The van der Waals surface area contributed by atoms with Gasteiger partial charge in [-0.1, -0.05) is 61.4 Å². The number of hydrogen-bond acceptors (Lipinski definition) is 2. The van der Waals surface area contributed by atoms with Gasteiger partial charge in [0.2, 0.25) is 0 Å². The molecule has 0 aliphatic carbocycles. The van der Waals surface area contributed by atoms with Crippen molar-refractivity contribution < 1.29 is 9.59 Å². The van der Waals surface area contributed by atoms with Gasteiger partial charge in [-0.25, -0.2) is 0 Å². The molecule has 1 aromatic rings. The number of rotatable bonds is 8. The lowest BCUT2D eigenvalue weighted by Gasteiger charge is -2.13. The number of imide groups is 1. The number of carbonyl (C=O) groups excluding carboxylic acids is 2. The van der Waals surface area contributed by atoms with E-state index in [2.05, 4.69) is 22.9 Å². The summed E-state index contributed by atoms with van der Waals surface area (Å²) in [5, 5.41) is 0. The van der Waals surface area contributed by atoms with Crippen LogP contribution in [0.3, 0.4) is 0 Å². The number of benzene rings is 1. The highest BCUT2D eigenvalue weighted by Crippen LogP contribution is 2.26. The van der Waals surface area contributed by atoms with Crippen LogP contribution < -0.4 is 0 Å². The third-order valence-electron chi connectivity index (χ3n) is 3.92. The second-order valence-electron chi connectivity index (χ2n) is 5.57. The van der Waals surface area contributed by atoms with Crippen LogP contribution in [0.4, 0.5) is 0 Å². The van der Waals surface area contributed by atoms with Crippen molar-refractivity contribution in [3.8, 4) is 0 Å². The van der Waals surface area contributed by atoms with Gasteiger partial charge in [0.25, 0.3) is 11.8 Å². The molecule has 3 nitrogen and oxygen atoms in total. The van der Waals surface area contributed by atoms with Gasteiger partial charge in [-0.05, 0) is 24.6 Å². The number of fused-ring (bicyclic) bond motifs is 1. The minimum Gasteiger partial charge on any atom is -0.274 e. The molecule has 0 atom stereocenters. The minimum absolute atomic E-state index is 0.145. The molecule has 0 spiro atoms. The van der Waals surface area contributed by atoms with Gasteiger partial charge in [0.1, 0.15) is 0 Å². The fraction of sp³-hybridized carbons (Fsp3) is 0.529. The van der Waals surface area contributed by atoms with Gasteiger partial charge in [-0.15, -0.1) is 0 Å². The van der Waals surface area contributed by atoms with Gasteiger partial charge in [0.15, 0.2) is 0 Å². The zero-order valence-corrected chi connectivity index (χ0v) is 14.1. The maximum Gasteiger partial charge on any atom is 0.261 e. The number of nitrogens with zero attached hydrogens (tertiary/aromatic N) is 1. The van der Waals surface area contributed by atoms with Crippen LogP contribution in [0.15, 0.2) is 22.7 Å². The Hall–Kier alpha value is -1.16. The van der Waals surface area contributed by atoms with Crippen molar-refractivity contribution in [2.45, 2.75) is 51.9 Å². The fourth-order valence-corrected chi connectivity index (χ4v) is 3.05. The molecule has 0 bridgehead atoms. The summed E-state index contributed by atoms with van der Waals surface area (Å²) in [6.45, 7) is 2.75. The van der Waals surface area contributed by atoms with Crippen LogP contribution in [0, 0.1) is 0 Å². The lowest BCUT2D eigenvalue weighted by Crippen LogP contribution is -2.30. The molecule has 0 N–H and O–H groups in total. The number of halogens is 1. The molecule has 4 heteroatoms. The van der Waals surface area contributed by atoms with Crippen LogP contribution in [0.2, 0.25) is 0 Å². The molecular weight excluding hydrogens is 330 g/mol. The van der Waals surface area contributed by atoms with E-state index in [-0.39, 0.29) is 11.8 Å². The van der Waals surface area contributed by atoms with Gasteiger partial charge in [0.05, 0.1) is 11.1 Å². The molecule has 0 saturated carbocycles. The molecule has 0 radical (unpaired) electrons. The van der Waals surface area contributed by atoms with Crippen LogP contribution >= 0.6 is 15.9 Å². The normalized spacial score (nSPS) is 13.9. The molecule has 114 valence electrons. The molecular formula is C17H22BrNO2. The zero-order valence-electron chi connectivity index (χ0n) is 12.5. The van der Waals surface area contributed by atoms with Gasteiger partial charge >= 0.3 is 0 Å². The lowest BCUT2D eigenvalue weighted by molar-refractivity contribution is 0.0651. The molecule has 1 aliphatic heterocycles. The topological polar surface area (TPSA) is 37.4 Å². The van der Waals surface area contributed by atoms with Crippen LogP contribution in [-0.4, -0.2) is 23.3 Å². The van der Waals surface area contributed by atoms with Crippen molar-refractivity contribution in [3.63, 3.8) is 0 Å². The summed E-state index contributed by atoms with van der Waals surface area (Å²) >= 11 is 3.34. The molecule has 2 amide bonds. The summed E-state index contributed by atoms with van der Waals surface area (Å²) in [7, 11) is 0. The smallest absolute Gasteiger partial charge is 0.261 e. The number of hydrogen-bond donors (Lipinski definition) is 0. The standard InChI is InChI=1S/C17H22BrNO2/c1-2-3-4-5-6-7-8-11-19-16(20)14-10-9-13(18)12-15(14)17(19)21/h9-10,12H,2-8,11H2,1H3. The molecule has 0 saturated heterocycles. The summed E-state index contributed by atoms with van der Waals surface area (Å²) in [4.78, 5) is 25.9. The van der Waals surface area contributed by atoms with Crippen LogP contribution in [-0.2, 0) is 0 Å². The molecule has 2 rings (SSSR count). The first-order valence-electron chi connectivity index (χ1n) is 7.81. The minimum atomic E-state index is -0.151. The highest BCUT2D eigenvalue weighted by molar-refractivity contribution is 9.10. The van der Waals surface area contributed by atoms with E-state index in [9.17, 15) is 9.59 Å². The highest BCUT2D eigenvalue weighted by Gasteiger charge is 2.34. The van der Waals surface area contributed by atoms with E-state index in [0.29, 0.717) is 17.7 Å². The average molecular weight is 352 g/mol. The van der Waals surface area contributed by atoms with E-state index in [1.165, 1.54) is 37.0 Å². The zero-order chi connectivity index (χ0) is 15.2. The first-order valence-corrected chi connectivity index (χ1v) is 8.60. The first-order chi connectivity index (χ1) is 10.1. The fourth-order valence-electron chi connectivity index (χ4n) is 2.69. The molecule has 0 fully saturated rings. The Labute approximate surface area is 134 Å². The Balaban J connectivity index is 1.81. The molecule has 1 aliphatic rings. The highest BCUT2D eigenvalue weighted by atomic mass is 79.9. The van der Waals surface area contributed by atoms with Crippen molar-refractivity contribution in [2.24, 2.45) is 0 Å². The number of amides is 2. The van der Waals surface area contributed by atoms with Crippen molar-refractivity contribution in [3.05, 3.63) is 33.8 Å². The summed E-state index contributed by atoms with van der Waals surface area (Å²) in [5.41, 5.74) is 1.06. The van der Waals surface area contributed by atoms with E-state index in [1.54, 1.807) is 18.2 Å². The Morgan fingerprint density at radius 3 is 2.24 bits per heavy atom. The molecule has 0 aromatic heterocycles. The van der Waals surface area contributed by atoms with Crippen molar-refractivity contribution >= 4 is 27.7 Å². The van der Waals surface area contributed by atoms with Crippen LogP contribution in [0.5, 0.6) is 0 Å². The van der Waals surface area contributed by atoms with Crippen molar-refractivity contribution in [1.29, 1.82) is 0 Å². The Bertz CT molecular complexity index is 528. The summed E-state index contributed by atoms with van der Waals surface area (Å²) < 4.78 is 0.833. The van der Waals surface area contributed by atoms with E-state index in [4.69, 9.17) is 0 Å². The predicted octanol–water partition coefficient (Wildman–Crippen LogP) is 4.80. The molecule has 1 aromatic carbocycles. The van der Waals surface area contributed by atoms with E-state index in [1.807, 2.05) is 0 Å². The van der Waals surface area contributed by atoms with Crippen molar-refractivity contribution in [2.75, 3.05) is 6.54 Å². The monoisotopic (exact) mass is 351 g/mol. The summed E-state index contributed by atoms with van der Waals surface area (Å²) in [5.74, 6) is -0.296. The number of carbonyl (C=O) groups is 2. The Morgan fingerprint density at radius 2 is 1.52 bits per heavy atom. The van der Waals surface area contributed by atoms with Gasteiger partial charge in [0, 0.05) is 11.0 Å². The van der Waals surface area contributed by atoms with Crippen molar-refractivity contribution in [1.82, 2.24) is 4.90 Å². The maximum absolute atomic E-state index is 12.2. The Morgan fingerprint density at radius 1 is 0.905 bits per heavy atom. The molecule has 21 heavy (non-hydrogen) atoms. The SMILES string of the molecule is CCCCCCCCCN1C(=O)c2ccc(Br)cc2C1=O. The second-order valence-corrected chi connectivity index (χ2v) is 6.49. The van der Waals surface area contributed by atoms with E-state index < -0.39 is 0 Å². The van der Waals surface area contributed by atoms with Crippen LogP contribution in [0.25, 0.3) is 0 Å². The molecule has 1 heterocycles. The maximum atomic E-state index is 12.2. The van der Waals surface area contributed by atoms with E-state index >= 15 is 0 Å². The number of unbranched alkanes of at least 4 members (excludes halogenated alkanes) is 6. The van der Waals surface area contributed by atoms with Crippen LogP contribution in [0.1, 0.15) is 72.6 Å². The Kier molecular flexibility index (Phi) is 5.97. The quantitative estimate of drug-likeness (QED) is 0.498. The third-order valence-corrected chi connectivity index (χ3v) is 4.41. The first kappa shape index (κ1) is 16.2. The van der Waals surface area contributed by atoms with Gasteiger partial charge < -0.3 is 0 Å². The van der Waals surface area contributed by atoms with E-state index in [0.717, 1.165) is 17.3 Å². The predicted molar refractivity (Wildman–Crippen MR) is 87.5 cm³/mol. The van der Waals surface area contributed by atoms with Gasteiger partial charge in [-0.2, -0.15) is 0 Å². The lowest BCUT2D eigenvalue weighted by atomic mass is 10.1. The van der Waals surface area contributed by atoms with Gasteiger partial charge in [-0.3, -0.25) is 14.5 Å². The summed E-state index contributed by atoms with van der Waals surface area (Å²) in [6.07, 6.45) is 8.27. The average Bonchev–Trinajstić information content (AvgIpc) is 2.70. The second kappa shape index (κ2) is 7.74. The largest absolute Gasteiger partial charge is 0.274 e. The third kappa shape index (κ3) is 3.94.